The van der Waals surface area contributed by atoms with Crippen LogP contribution in [0.1, 0.15) is 42.7 Å². The molecule has 2 amide bonds. The molecule has 4 rings (SSSR count). The average Bonchev–Trinajstić information content (AvgIpc) is 2.76. The largest absolute Gasteiger partial charge is 0.325 e. The van der Waals surface area contributed by atoms with Gasteiger partial charge in [0.25, 0.3) is 0 Å². The van der Waals surface area contributed by atoms with E-state index in [4.69, 9.17) is 0 Å². The maximum atomic E-state index is 14.2. The summed E-state index contributed by atoms with van der Waals surface area (Å²) >= 11 is 0. The Labute approximate surface area is 171 Å². The van der Waals surface area contributed by atoms with Crippen LogP contribution in [0.2, 0.25) is 0 Å². The van der Waals surface area contributed by atoms with E-state index in [1.54, 1.807) is 12.3 Å². The van der Waals surface area contributed by atoms with Gasteiger partial charge in [-0.3, -0.25) is 4.90 Å². The molecule has 2 saturated heterocycles. The van der Waals surface area contributed by atoms with Crippen LogP contribution in [-0.4, -0.2) is 48.1 Å². The Hall–Kier alpha value is -2.47. The normalized spacial score (nSPS) is 20.5. The number of halogens is 1. The Morgan fingerprint density at radius 3 is 2.66 bits per heavy atom. The van der Waals surface area contributed by atoms with Crippen LogP contribution in [0.15, 0.2) is 42.6 Å². The zero-order valence-corrected chi connectivity index (χ0v) is 17.0. The molecule has 2 fully saturated rings. The van der Waals surface area contributed by atoms with Crippen molar-refractivity contribution in [3.8, 4) is 0 Å². The van der Waals surface area contributed by atoms with E-state index in [-0.39, 0.29) is 23.8 Å². The van der Waals surface area contributed by atoms with E-state index < -0.39 is 0 Å². The van der Waals surface area contributed by atoms with Crippen LogP contribution in [0.3, 0.4) is 0 Å². The molecule has 154 valence electrons. The van der Waals surface area contributed by atoms with E-state index >= 15 is 0 Å². The fraction of sp³-hybridized carbons (Fsp3) is 0.478. The van der Waals surface area contributed by atoms with Gasteiger partial charge >= 0.3 is 6.03 Å². The second-order valence-electron chi connectivity index (χ2n) is 8.08. The Balaban J connectivity index is 1.51. The summed E-state index contributed by atoms with van der Waals surface area (Å²) in [5.41, 5.74) is 1.78. The first-order valence-electron chi connectivity index (χ1n) is 10.6. The van der Waals surface area contributed by atoms with Crippen LogP contribution in [-0.2, 0) is 0 Å². The number of benzene rings is 1. The summed E-state index contributed by atoms with van der Waals surface area (Å²) in [6.07, 6.45) is 5.34. The topological polar surface area (TPSA) is 48.5 Å². The minimum Gasteiger partial charge on any atom is -0.324 e. The molecule has 2 aliphatic heterocycles. The number of hydrogen-bond acceptors (Lipinski definition) is 3. The van der Waals surface area contributed by atoms with Gasteiger partial charge in [0, 0.05) is 25.8 Å². The van der Waals surface area contributed by atoms with Gasteiger partial charge in [-0.1, -0.05) is 24.3 Å². The van der Waals surface area contributed by atoms with Crippen LogP contribution < -0.4 is 10.2 Å². The maximum absolute atomic E-state index is 14.2. The second-order valence-corrected chi connectivity index (χ2v) is 8.08. The molecule has 1 aromatic heterocycles. The Morgan fingerprint density at radius 1 is 1.17 bits per heavy atom. The van der Waals surface area contributed by atoms with Crippen LogP contribution >= 0.6 is 0 Å². The first-order valence-corrected chi connectivity index (χ1v) is 10.6. The Bertz CT molecular complexity index is 844. The molecule has 29 heavy (non-hydrogen) atoms. The van der Waals surface area contributed by atoms with Gasteiger partial charge in [-0.2, -0.15) is 0 Å². The van der Waals surface area contributed by atoms with Crippen LogP contribution in [0, 0.1) is 12.7 Å². The molecule has 0 aliphatic carbocycles. The molecular formula is C23H29FN4O. The summed E-state index contributed by atoms with van der Waals surface area (Å²) in [5, 5.41) is 3.42. The zero-order valence-electron chi connectivity index (χ0n) is 17.0. The highest BCUT2D eigenvalue weighted by atomic mass is 19.1. The highest BCUT2D eigenvalue weighted by Crippen LogP contribution is 2.31. The van der Waals surface area contributed by atoms with E-state index in [1.807, 2.05) is 41.0 Å². The predicted octanol–water partition coefficient (Wildman–Crippen LogP) is 4.09. The standard InChI is InChI=1S/C23H29FN4O/c1-17-6-4-13-26-22(17)28(19-7-5-12-25-16-19)23(29)27-14-10-18(11-15-27)20-8-2-3-9-21(20)24/h2-4,6,8-9,13,18-19,25H,5,7,10-12,14-16H2,1H3/t19-/m1/s1. The number of carbonyl (C=O) groups is 1. The highest BCUT2D eigenvalue weighted by molar-refractivity contribution is 5.92. The van der Waals surface area contributed by atoms with E-state index in [1.165, 1.54) is 6.07 Å². The number of piperidine rings is 2. The predicted molar refractivity (Wildman–Crippen MR) is 113 cm³/mol. The van der Waals surface area contributed by atoms with Gasteiger partial charge in [0.15, 0.2) is 0 Å². The minimum atomic E-state index is -0.142. The second kappa shape index (κ2) is 8.91. The SMILES string of the molecule is Cc1cccnc1N(C(=O)N1CCC(c2ccccc2F)CC1)[C@@H]1CCCNC1. The highest BCUT2D eigenvalue weighted by Gasteiger charge is 2.34. The molecular weight excluding hydrogens is 367 g/mol. The molecule has 1 aromatic carbocycles. The molecule has 5 nitrogen and oxygen atoms in total. The molecule has 0 unspecified atom stereocenters. The molecule has 1 N–H and O–H groups in total. The van der Waals surface area contributed by atoms with Gasteiger partial charge in [0.2, 0.25) is 0 Å². The van der Waals surface area contributed by atoms with E-state index in [0.717, 1.165) is 55.7 Å². The number of amides is 2. The van der Waals surface area contributed by atoms with Crippen molar-refractivity contribution in [1.82, 2.24) is 15.2 Å². The maximum Gasteiger partial charge on any atom is 0.325 e. The van der Waals surface area contributed by atoms with Crippen LogP contribution in [0.4, 0.5) is 15.0 Å². The van der Waals surface area contributed by atoms with Gasteiger partial charge in [-0.05, 0) is 68.3 Å². The number of pyridine rings is 1. The molecule has 1 atom stereocenters. The van der Waals surface area contributed by atoms with Crippen molar-refractivity contribution >= 4 is 11.8 Å². The molecule has 0 spiro atoms. The number of aryl methyl sites for hydroxylation is 1. The monoisotopic (exact) mass is 396 g/mol. The first kappa shape index (κ1) is 19.8. The number of aromatic nitrogens is 1. The van der Waals surface area contributed by atoms with Crippen molar-refractivity contribution < 1.29 is 9.18 Å². The van der Waals surface area contributed by atoms with Gasteiger partial charge in [0.1, 0.15) is 11.6 Å². The van der Waals surface area contributed by atoms with E-state index in [2.05, 4.69) is 10.3 Å². The summed E-state index contributed by atoms with van der Waals surface area (Å²) in [7, 11) is 0. The third kappa shape index (κ3) is 4.27. The smallest absolute Gasteiger partial charge is 0.324 e. The Kier molecular flexibility index (Phi) is 6.09. The Morgan fingerprint density at radius 2 is 1.97 bits per heavy atom. The number of rotatable bonds is 3. The van der Waals surface area contributed by atoms with E-state index in [9.17, 15) is 9.18 Å². The van der Waals surface area contributed by atoms with Gasteiger partial charge < -0.3 is 10.2 Å². The van der Waals surface area contributed by atoms with Crippen molar-refractivity contribution in [3.63, 3.8) is 0 Å². The fourth-order valence-corrected chi connectivity index (χ4v) is 4.54. The lowest BCUT2D eigenvalue weighted by Gasteiger charge is -2.40. The summed E-state index contributed by atoms with van der Waals surface area (Å²) in [4.78, 5) is 21.9. The number of nitrogens with zero attached hydrogens (tertiary/aromatic N) is 3. The van der Waals surface area contributed by atoms with Crippen molar-refractivity contribution in [2.45, 2.75) is 44.6 Å². The lowest BCUT2D eigenvalue weighted by molar-refractivity contribution is 0.183. The fourth-order valence-electron chi connectivity index (χ4n) is 4.54. The molecule has 3 heterocycles. The first-order chi connectivity index (χ1) is 14.1. The molecule has 6 heteroatoms. The van der Waals surface area contributed by atoms with Gasteiger partial charge in [0.05, 0.1) is 6.04 Å². The number of hydrogen-bond donors (Lipinski definition) is 1. The summed E-state index contributed by atoms with van der Waals surface area (Å²) in [6.45, 7) is 5.06. The number of urea groups is 1. The van der Waals surface area contributed by atoms with Crippen LogP contribution in [0.25, 0.3) is 0 Å². The number of anilines is 1. The number of carbonyl (C=O) groups excluding carboxylic acids is 1. The number of likely N-dealkylation sites (tertiary alicyclic amines) is 1. The molecule has 0 saturated carbocycles. The lowest BCUT2D eigenvalue weighted by Crippen LogP contribution is -2.55. The van der Waals surface area contributed by atoms with Gasteiger partial charge in [-0.15, -0.1) is 0 Å². The summed E-state index contributed by atoms with van der Waals surface area (Å²) < 4.78 is 14.2. The molecule has 2 aromatic rings. The molecule has 2 aliphatic rings. The van der Waals surface area contributed by atoms with Crippen molar-refractivity contribution in [3.05, 3.63) is 59.5 Å². The third-order valence-corrected chi connectivity index (χ3v) is 6.16. The summed E-state index contributed by atoms with van der Waals surface area (Å²) in [5.74, 6) is 0.778. The lowest BCUT2D eigenvalue weighted by atomic mass is 9.89. The van der Waals surface area contributed by atoms with Crippen molar-refractivity contribution in [2.75, 3.05) is 31.1 Å². The third-order valence-electron chi connectivity index (χ3n) is 6.16. The van der Waals surface area contributed by atoms with Crippen molar-refractivity contribution in [1.29, 1.82) is 0 Å². The quantitative estimate of drug-likeness (QED) is 0.850. The number of nitrogens with one attached hydrogen (secondary N) is 1. The molecule has 0 radical (unpaired) electrons. The average molecular weight is 397 g/mol. The van der Waals surface area contributed by atoms with Crippen LogP contribution in [0.5, 0.6) is 0 Å². The minimum absolute atomic E-state index is 0.0208. The van der Waals surface area contributed by atoms with Gasteiger partial charge in [-0.25, -0.2) is 14.2 Å². The van der Waals surface area contributed by atoms with E-state index in [0.29, 0.717) is 13.1 Å². The molecule has 0 bridgehead atoms. The van der Waals surface area contributed by atoms with Crippen molar-refractivity contribution in [2.24, 2.45) is 0 Å². The summed E-state index contributed by atoms with van der Waals surface area (Å²) in [6, 6.07) is 11.0. The zero-order chi connectivity index (χ0) is 20.2.